The van der Waals surface area contributed by atoms with Crippen molar-refractivity contribution in [2.45, 2.75) is 59.2 Å². The van der Waals surface area contributed by atoms with Gasteiger partial charge in [0, 0.05) is 31.1 Å². The largest absolute Gasteiger partial charge is 0.393 e. The Labute approximate surface area is 111 Å². The molecule has 1 fully saturated rings. The van der Waals surface area contributed by atoms with E-state index in [0.717, 1.165) is 19.5 Å². The van der Waals surface area contributed by atoms with E-state index in [0.29, 0.717) is 6.04 Å². The van der Waals surface area contributed by atoms with Crippen molar-refractivity contribution in [1.82, 2.24) is 10.2 Å². The molecular formula is C14H28N2O2. The molecule has 0 spiro atoms. The van der Waals surface area contributed by atoms with Gasteiger partial charge in [-0.25, -0.2) is 0 Å². The van der Waals surface area contributed by atoms with E-state index in [1.807, 2.05) is 20.8 Å². The lowest BCUT2D eigenvalue weighted by Crippen LogP contribution is -2.54. The van der Waals surface area contributed by atoms with Crippen LogP contribution in [0.2, 0.25) is 0 Å². The third kappa shape index (κ3) is 4.25. The molecule has 1 amide bonds. The monoisotopic (exact) mass is 256 g/mol. The lowest BCUT2D eigenvalue weighted by molar-refractivity contribution is -0.125. The minimum absolute atomic E-state index is 0.0180. The van der Waals surface area contributed by atoms with Crippen LogP contribution in [-0.4, -0.2) is 47.2 Å². The lowest BCUT2D eigenvalue weighted by atomic mass is 9.89. The van der Waals surface area contributed by atoms with E-state index in [2.05, 4.69) is 24.1 Å². The number of aliphatic hydroxyl groups excluding tert-OH is 1. The molecule has 106 valence electrons. The van der Waals surface area contributed by atoms with Crippen molar-refractivity contribution in [2.24, 2.45) is 11.8 Å². The molecule has 2 N–H and O–H groups in total. The van der Waals surface area contributed by atoms with Gasteiger partial charge in [0.15, 0.2) is 0 Å². The van der Waals surface area contributed by atoms with Crippen LogP contribution in [0.4, 0.5) is 0 Å². The Kier molecular flexibility index (Phi) is 5.60. The highest BCUT2D eigenvalue weighted by Gasteiger charge is 2.31. The van der Waals surface area contributed by atoms with Crippen molar-refractivity contribution in [3.63, 3.8) is 0 Å². The lowest BCUT2D eigenvalue weighted by Gasteiger charge is -2.41. The van der Waals surface area contributed by atoms with Crippen LogP contribution in [-0.2, 0) is 4.79 Å². The van der Waals surface area contributed by atoms with Gasteiger partial charge in [-0.15, -0.1) is 0 Å². The zero-order valence-corrected chi connectivity index (χ0v) is 12.3. The number of nitrogens with one attached hydrogen (secondary N) is 1. The minimum atomic E-state index is -0.315. The fourth-order valence-electron chi connectivity index (χ4n) is 2.42. The van der Waals surface area contributed by atoms with Crippen LogP contribution in [0.1, 0.15) is 41.0 Å². The summed E-state index contributed by atoms with van der Waals surface area (Å²) in [5, 5.41) is 12.9. The Bertz CT molecular complexity index is 261. The number of amides is 1. The highest BCUT2D eigenvalue weighted by Crippen LogP contribution is 2.22. The highest BCUT2D eigenvalue weighted by molar-refractivity contribution is 5.78. The molecule has 1 aliphatic rings. The first-order valence-corrected chi connectivity index (χ1v) is 7.03. The summed E-state index contributed by atoms with van der Waals surface area (Å²) in [6, 6.07) is 0.612. The van der Waals surface area contributed by atoms with Gasteiger partial charge < -0.3 is 10.4 Å². The highest BCUT2D eigenvalue weighted by atomic mass is 16.3. The average molecular weight is 256 g/mol. The Morgan fingerprint density at radius 1 is 1.22 bits per heavy atom. The standard InChI is InChI=1S/C14H28N2O2/c1-9(2)14(18)15-13-6-12(11(5)17)7-16(8-13)10(3)4/h9-13,17H,6-8H2,1-5H3,(H,15,18). The van der Waals surface area contributed by atoms with Gasteiger partial charge in [-0.1, -0.05) is 13.8 Å². The molecule has 0 saturated carbocycles. The van der Waals surface area contributed by atoms with Crippen molar-refractivity contribution in [1.29, 1.82) is 0 Å². The number of carbonyl (C=O) groups excluding carboxylic acids is 1. The summed E-state index contributed by atoms with van der Waals surface area (Å²) in [4.78, 5) is 14.1. The predicted octanol–water partition coefficient (Wildman–Crippen LogP) is 1.24. The second-order valence-electron chi connectivity index (χ2n) is 6.14. The third-order valence-electron chi connectivity index (χ3n) is 3.79. The van der Waals surface area contributed by atoms with Gasteiger partial charge in [0.05, 0.1) is 6.10 Å². The van der Waals surface area contributed by atoms with Crippen LogP contribution in [0.3, 0.4) is 0 Å². The molecule has 1 heterocycles. The van der Waals surface area contributed by atoms with E-state index in [-0.39, 0.29) is 29.9 Å². The van der Waals surface area contributed by atoms with Crippen LogP contribution in [0.5, 0.6) is 0 Å². The van der Waals surface area contributed by atoms with Crippen LogP contribution in [0.25, 0.3) is 0 Å². The Hall–Kier alpha value is -0.610. The molecule has 1 rings (SSSR count). The number of likely N-dealkylation sites (tertiary alicyclic amines) is 1. The molecule has 4 heteroatoms. The average Bonchev–Trinajstić information content (AvgIpc) is 2.28. The molecule has 0 aliphatic carbocycles. The van der Waals surface area contributed by atoms with Gasteiger partial charge in [0.2, 0.25) is 5.91 Å². The molecule has 18 heavy (non-hydrogen) atoms. The second kappa shape index (κ2) is 6.53. The fraction of sp³-hybridized carbons (Fsp3) is 0.929. The summed E-state index contributed by atoms with van der Waals surface area (Å²) in [5.74, 6) is 0.373. The first-order chi connectivity index (χ1) is 8.31. The van der Waals surface area contributed by atoms with Gasteiger partial charge >= 0.3 is 0 Å². The van der Waals surface area contributed by atoms with E-state index in [1.54, 1.807) is 0 Å². The first kappa shape index (κ1) is 15.4. The molecule has 4 nitrogen and oxygen atoms in total. The molecule has 0 bridgehead atoms. The van der Waals surface area contributed by atoms with Crippen LogP contribution >= 0.6 is 0 Å². The van der Waals surface area contributed by atoms with Gasteiger partial charge in [0.1, 0.15) is 0 Å². The number of carbonyl (C=O) groups is 1. The van der Waals surface area contributed by atoms with E-state index >= 15 is 0 Å². The molecule has 0 aromatic rings. The topological polar surface area (TPSA) is 52.6 Å². The maximum absolute atomic E-state index is 11.8. The molecule has 0 radical (unpaired) electrons. The maximum Gasteiger partial charge on any atom is 0.222 e. The Morgan fingerprint density at radius 2 is 1.83 bits per heavy atom. The minimum Gasteiger partial charge on any atom is -0.393 e. The van der Waals surface area contributed by atoms with E-state index in [4.69, 9.17) is 0 Å². The van der Waals surface area contributed by atoms with E-state index in [1.165, 1.54) is 0 Å². The van der Waals surface area contributed by atoms with Crippen molar-refractivity contribution in [2.75, 3.05) is 13.1 Å². The normalized spacial score (nSPS) is 27.6. The number of aliphatic hydroxyl groups is 1. The Balaban J connectivity index is 2.64. The number of rotatable bonds is 4. The zero-order valence-electron chi connectivity index (χ0n) is 12.3. The summed E-state index contributed by atoms with van der Waals surface area (Å²) >= 11 is 0. The SMILES string of the molecule is CC(C)C(=O)NC1CC(C(C)O)CN(C(C)C)C1. The molecule has 1 saturated heterocycles. The molecule has 0 aromatic heterocycles. The third-order valence-corrected chi connectivity index (χ3v) is 3.79. The van der Waals surface area contributed by atoms with Gasteiger partial charge in [-0.2, -0.15) is 0 Å². The van der Waals surface area contributed by atoms with E-state index < -0.39 is 0 Å². The summed E-state index contributed by atoms with van der Waals surface area (Å²) in [7, 11) is 0. The van der Waals surface area contributed by atoms with Crippen molar-refractivity contribution >= 4 is 5.91 Å². The summed E-state index contributed by atoms with van der Waals surface area (Å²) in [6.45, 7) is 11.8. The molecular weight excluding hydrogens is 228 g/mol. The van der Waals surface area contributed by atoms with Crippen molar-refractivity contribution in [3.8, 4) is 0 Å². The quantitative estimate of drug-likeness (QED) is 0.795. The number of hydrogen-bond donors (Lipinski definition) is 2. The van der Waals surface area contributed by atoms with Crippen molar-refractivity contribution in [3.05, 3.63) is 0 Å². The number of nitrogens with zero attached hydrogens (tertiary/aromatic N) is 1. The molecule has 0 aromatic carbocycles. The summed E-state index contributed by atoms with van der Waals surface area (Å²) in [6.07, 6.45) is 0.560. The van der Waals surface area contributed by atoms with Crippen molar-refractivity contribution < 1.29 is 9.90 Å². The molecule has 1 aliphatic heterocycles. The second-order valence-corrected chi connectivity index (χ2v) is 6.14. The molecule has 3 atom stereocenters. The van der Waals surface area contributed by atoms with E-state index in [9.17, 15) is 9.90 Å². The van der Waals surface area contributed by atoms with Crippen LogP contribution in [0.15, 0.2) is 0 Å². The van der Waals surface area contributed by atoms with Gasteiger partial charge in [0.25, 0.3) is 0 Å². The molecule has 3 unspecified atom stereocenters. The zero-order chi connectivity index (χ0) is 13.9. The smallest absolute Gasteiger partial charge is 0.222 e. The first-order valence-electron chi connectivity index (χ1n) is 7.03. The van der Waals surface area contributed by atoms with Crippen LogP contribution < -0.4 is 5.32 Å². The predicted molar refractivity (Wildman–Crippen MR) is 73.3 cm³/mol. The summed E-state index contributed by atoms with van der Waals surface area (Å²) in [5.41, 5.74) is 0. The Morgan fingerprint density at radius 3 is 2.28 bits per heavy atom. The summed E-state index contributed by atoms with van der Waals surface area (Å²) < 4.78 is 0. The van der Waals surface area contributed by atoms with Crippen LogP contribution in [0, 0.1) is 11.8 Å². The maximum atomic E-state index is 11.8. The number of piperidine rings is 1. The van der Waals surface area contributed by atoms with Gasteiger partial charge in [-0.05, 0) is 33.1 Å². The van der Waals surface area contributed by atoms with Gasteiger partial charge in [-0.3, -0.25) is 9.69 Å². The fourth-order valence-corrected chi connectivity index (χ4v) is 2.42. The number of hydrogen-bond acceptors (Lipinski definition) is 3.